The molecule has 2 saturated heterocycles. The van der Waals surface area contributed by atoms with Crippen molar-refractivity contribution in [2.45, 2.75) is 13.3 Å². The highest BCUT2D eigenvalue weighted by molar-refractivity contribution is 6.19. The number of hydrogen-bond acceptors (Lipinski definition) is 4. The third kappa shape index (κ3) is 0.884. The zero-order chi connectivity index (χ0) is 13.7. The summed E-state index contributed by atoms with van der Waals surface area (Å²) in [7, 11) is 1.47. The fourth-order valence-corrected chi connectivity index (χ4v) is 4.47. The Bertz CT molecular complexity index is 523. The maximum atomic E-state index is 12.2. The second-order valence-corrected chi connectivity index (χ2v) is 5.97. The van der Waals surface area contributed by atoms with Crippen LogP contribution >= 0.6 is 0 Å². The van der Waals surface area contributed by atoms with Gasteiger partial charge in [-0.15, -0.1) is 0 Å². The number of carbonyl (C=O) groups is 4. The normalized spacial score (nSPS) is 46.2. The molecule has 0 aromatic rings. The summed E-state index contributed by atoms with van der Waals surface area (Å²) in [5.41, 5.74) is -0.612. The molecule has 0 radical (unpaired) electrons. The van der Waals surface area contributed by atoms with Gasteiger partial charge < -0.3 is 0 Å². The number of fused-ring (bicyclic) bond motifs is 6. The van der Waals surface area contributed by atoms with Crippen LogP contribution < -0.4 is 0 Å². The average molecular weight is 262 g/mol. The summed E-state index contributed by atoms with van der Waals surface area (Å²) >= 11 is 0. The van der Waals surface area contributed by atoms with Gasteiger partial charge in [-0.2, -0.15) is 0 Å². The molecule has 100 valence electrons. The van der Waals surface area contributed by atoms with Crippen LogP contribution in [0.25, 0.3) is 0 Å². The number of imide groups is 2. The Labute approximate surface area is 109 Å². The monoisotopic (exact) mass is 262 g/mol. The Kier molecular flexibility index (Phi) is 1.69. The Hall–Kier alpha value is -1.72. The molecule has 0 aromatic carbocycles. The van der Waals surface area contributed by atoms with Gasteiger partial charge in [0.2, 0.25) is 23.6 Å². The number of amides is 4. The fourth-order valence-electron chi connectivity index (χ4n) is 4.47. The lowest BCUT2D eigenvalue weighted by Crippen LogP contribution is -2.39. The van der Waals surface area contributed by atoms with Crippen LogP contribution in [0.15, 0.2) is 0 Å². The van der Waals surface area contributed by atoms with E-state index < -0.39 is 29.1 Å². The minimum atomic E-state index is -0.612. The summed E-state index contributed by atoms with van der Waals surface area (Å²) < 4.78 is 0. The number of likely N-dealkylation sites (tertiary alicyclic amines) is 2. The summed E-state index contributed by atoms with van der Waals surface area (Å²) in [4.78, 5) is 50.7. The van der Waals surface area contributed by atoms with E-state index >= 15 is 0 Å². The highest BCUT2D eigenvalue weighted by atomic mass is 16.2. The number of carbonyl (C=O) groups excluding carboxylic acids is 4. The largest absolute Gasteiger partial charge is 0.285 e. The van der Waals surface area contributed by atoms with E-state index in [2.05, 4.69) is 0 Å². The maximum Gasteiger partial charge on any atom is 0.233 e. The van der Waals surface area contributed by atoms with Crippen molar-refractivity contribution in [1.29, 1.82) is 0 Å². The molecule has 4 unspecified atom stereocenters. The smallest absolute Gasteiger partial charge is 0.233 e. The van der Waals surface area contributed by atoms with Crippen molar-refractivity contribution in [3.63, 3.8) is 0 Å². The first kappa shape index (κ1) is 11.1. The molecule has 4 aliphatic rings. The molecular formula is C13H14N2O4. The first-order chi connectivity index (χ1) is 8.99. The average Bonchev–Trinajstić information content (AvgIpc) is 3.19. The maximum absolute atomic E-state index is 12.2. The SMILES string of the molecule is CCCN1C(=O)C2C(C1=O)C21C2C(=O)N(C)C(=O)C21. The van der Waals surface area contributed by atoms with E-state index in [0.29, 0.717) is 6.54 Å². The molecule has 2 saturated carbocycles. The van der Waals surface area contributed by atoms with Crippen LogP contribution in [0.2, 0.25) is 0 Å². The molecular weight excluding hydrogens is 248 g/mol. The molecule has 1 spiro atoms. The predicted octanol–water partition coefficient (Wildman–Crippen LogP) is -0.758. The molecule has 2 aliphatic carbocycles. The lowest BCUT2D eigenvalue weighted by Gasteiger charge is -2.19. The summed E-state index contributed by atoms with van der Waals surface area (Å²) in [6.45, 7) is 2.35. The Morgan fingerprint density at radius 1 is 0.895 bits per heavy atom. The zero-order valence-electron chi connectivity index (χ0n) is 10.8. The second kappa shape index (κ2) is 2.89. The summed E-state index contributed by atoms with van der Waals surface area (Å²) in [6.07, 6.45) is 0.734. The quantitative estimate of drug-likeness (QED) is 0.613. The zero-order valence-corrected chi connectivity index (χ0v) is 10.8. The van der Waals surface area contributed by atoms with E-state index in [1.54, 1.807) is 0 Å². The van der Waals surface area contributed by atoms with E-state index in [0.717, 1.165) is 11.3 Å². The molecule has 6 heteroatoms. The summed E-state index contributed by atoms with van der Waals surface area (Å²) in [5, 5.41) is 0. The van der Waals surface area contributed by atoms with E-state index in [9.17, 15) is 19.2 Å². The Morgan fingerprint density at radius 3 is 1.74 bits per heavy atom. The molecule has 6 nitrogen and oxygen atoms in total. The van der Waals surface area contributed by atoms with E-state index in [-0.39, 0.29) is 23.6 Å². The van der Waals surface area contributed by atoms with E-state index in [1.807, 2.05) is 6.92 Å². The Morgan fingerprint density at radius 2 is 1.32 bits per heavy atom. The van der Waals surface area contributed by atoms with Gasteiger partial charge in [0.1, 0.15) is 0 Å². The molecule has 0 aromatic heterocycles. The summed E-state index contributed by atoms with van der Waals surface area (Å²) in [5.74, 6) is -2.39. The van der Waals surface area contributed by atoms with Gasteiger partial charge in [0.25, 0.3) is 0 Å². The molecule has 0 bridgehead atoms. The molecule has 19 heavy (non-hydrogen) atoms. The van der Waals surface area contributed by atoms with Gasteiger partial charge >= 0.3 is 0 Å². The van der Waals surface area contributed by atoms with Crippen LogP contribution in [0.4, 0.5) is 0 Å². The highest BCUT2D eigenvalue weighted by Crippen LogP contribution is 2.86. The third-order valence-electron chi connectivity index (χ3n) is 5.31. The van der Waals surface area contributed by atoms with Gasteiger partial charge in [-0.1, -0.05) is 6.92 Å². The van der Waals surface area contributed by atoms with Gasteiger partial charge in [-0.05, 0) is 6.42 Å². The van der Waals surface area contributed by atoms with Gasteiger partial charge in [0.15, 0.2) is 0 Å². The van der Waals surface area contributed by atoms with Crippen LogP contribution in [0, 0.1) is 29.1 Å². The number of rotatable bonds is 2. The van der Waals surface area contributed by atoms with Crippen molar-refractivity contribution in [3.8, 4) is 0 Å². The van der Waals surface area contributed by atoms with Crippen LogP contribution in [-0.2, 0) is 19.2 Å². The highest BCUT2D eigenvalue weighted by Gasteiger charge is 2.96. The molecule has 0 N–H and O–H groups in total. The first-order valence-corrected chi connectivity index (χ1v) is 6.66. The minimum absolute atomic E-state index is 0.172. The molecule has 4 rings (SSSR count). The lowest BCUT2D eigenvalue weighted by molar-refractivity contribution is -0.144. The minimum Gasteiger partial charge on any atom is -0.285 e. The second-order valence-electron chi connectivity index (χ2n) is 5.97. The number of piperidine rings is 2. The number of nitrogens with zero attached hydrogens (tertiary/aromatic N) is 2. The molecule has 4 atom stereocenters. The van der Waals surface area contributed by atoms with Crippen LogP contribution in [0.3, 0.4) is 0 Å². The molecule has 4 amide bonds. The van der Waals surface area contributed by atoms with E-state index in [4.69, 9.17) is 0 Å². The van der Waals surface area contributed by atoms with Gasteiger partial charge in [-0.3, -0.25) is 29.0 Å². The lowest BCUT2D eigenvalue weighted by atomic mass is 10.1. The van der Waals surface area contributed by atoms with E-state index in [1.165, 1.54) is 11.9 Å². The van der Waals surface area contributed by atoms with Crippen molar-refractivity contribution in [1.82, 2.24) is 9.80 Å². The summed E-state index contributed by atoms with van der Waals surface area (Å²) in [6, 6.07) is 0. The van der Waals surface area contributed by atoms with Gasteiger partial charge in [0, 0.05) is 19.0 Å². The van der Waals surface area contributed by atoms with Crippen molar-refractivity contribution < 1.29 is 19.2 Å². The van der Waals surface area contributed by atoms with Gasteiger partial charge in [-0.25, -0.2) is 0 Å². The van der Waals surface area contributed by atoms with Crippen molar-refractivity contribution in [2.24, 2.45) is 29.1 Å². The van der Waals surface area contributed by atoms with Gasteiger partial charge in [0.05, 0.1) is 23.7 Å². The molecule has 4 fully saturated rings. The fraction of sp³-hybridized carbons (Fsp3) is 0.692. The number of hydrogen-bond donors (Lipinski definition) is 0. The standard InChI is InChI=1S/C13H14N2O4/c1-3-4-15-11(18)7-8(12(15)19)13(7)5-6(13)10(17)14(2)9(5)16/h5-8H,3-4H2,1-2H3. The third-order valence-corrected chi connectivity index (χ3v) is 5.31. The van der Waals surface area contributed by atoms with Crippen molar-refractivity contribution in [2.75, 3.05) is 13.6 Å². The first-order valence-electron chi connectivity index (χ1n) is 6.66. The van der Waals surface area contributed by atoms with Crippen molar-refractivity contribution >= 4 is 23.6 Å². The Balaban J connectivity index is 1.65. The molecule has 2 aliphatic heterocycles. The van der Waals surface area contributed by atoms with Crippen LogP contribution in [-0.4, -0.2) is 47.0 Å². The van der Waals surface area contributed by atoms with Crippen LogP contribution in [0.5, 0.6) is 0 Å². The predicted molar refractivity (Wildman–Crippen MR) is 61.2 cm³/mol. The topological polar surface area (TPSA) is 74.8 Å². The molecule has 2 heterocycles. The van der Waals surface area contributed by atoms with Crippen molar-refractivity contribution in [3.05, 3.63) is 0 Å². The van der Waals surface area contributed by atoms with Crippen LogP contribution in [0.1, 0.15) is 13.3 Å².